The van der Waals surface area contributed by atoms with E-state index in [1.807, 2.05) is 25.1 Å². The molecular formula is C12H13N3O3. The number of rotatable bonds is 5. The fourth-order valence-corrected chi connectivity index (χ4v) is 1.49. The van der Waals surface area contributed by atoms with Crippen molar-refractivity contribution in [2.45, 2.75) is 19.5 Å². The first kappa shape index (κ1) is 12.3. The summed E-state index contributed by atoms with van der Waals surface area (Å²) < 4.78 is 4.90. The molecule has 0 saturated carbocycles. The number of hydrogen-bond acceptors (Lipinski definition) is 5. The van der Waals surface area contributed by atoms with Crippen LogP contribution in [0.15, 0.2) is 35.0 Å². The molecule has 2 aromatic rings. The number of carbonyl (C=O) groups is 1. The molecule has 18 heavy (non-hydrogen) atoms. The summed E-state index contributed by atoms with van der Waals surface area (Å²) in [4.78, 5) is 14.8. The van der Waals surface area contributed by atoms with Gasteiger partial charge in [-0.3, -0.25) is 4.98 Å². The summed E-state index contributed by atoms with van der Waals surface area (Å²) in [6.45, 7) is 2.37. The summed E-state index contributed by atoms with van der Waals surface area (Å²) in [7, 11) is 0. The van der Waals surface area contributed by atoms with Crippen LogP contribution < -0.4 is 5.32 Å². The molecular weight excluding hydrogens is 234 g/mol. The second-order valence-corrected chi connectivity index (χ2v) is 3.84. The highest BCUT2D eigenvalue weighted by Crippen LogP contribution is 2.10. The van der Waals surface area contributed by atoms with Crippen molar-refractivity contribution in [3.8, 4) is 0 Å². The number of aromatic nitrogens is 2. The van der Waals surface area contributed by atoms with Gasteiger partial charge in [-0.25, -0.2) is 4.79 Å². The second-order valence-electron chi connectivity index (χ2n) is 3.84. The van der Waals surface area contributed by atoms with Crippen LogP contribution in [0, 0.1) is 0 Å². The van der Waals surface area contributed by atoms with E-state index in [1.54, 1.807) is 6.20 Å². The third-order valence-corrected chi connectivity index (χ3v) is 2.49. The highest BCUT2D eigenvalue weighted by atomic mass is 16.5. The van der Waals surface area contributed by atoms with Gasteiger partial charge in [-0.05, 0) is 19.1 Å². The van der Waals surface area contributed by atoms with Crippen molar-refractivity contribution in [2.24, 2.45) is 0 Å². The first-order valence-corrected chi connectivity index (χ1v) is 5.50. The second kappa shape index (κ2) is 5.42. The Morgan fingerprint density at radius 3 is 3.00 bits per heavy atom. The molecule has 0 amide bonds. The Morgan fingerprint density at radius 1 is 1.56 bits per heavy atom. The van der Waals surface area contributed by atoms with Crippen LogP contribution >= 0.6 is 0 Å². The van der Waals surface area contributed by atoms with Gasteiger partial charge >= 0.3 is 5.97 Å². The fraction of sp³-hybridized carbons (Fsp3) is 0.250. The molecule has 0 aliphatic heterocycles. The van der Waals surface area contributed by atoms with Gasteiger partial charge in [0, 0.05) is 18.3 Å². The minimum atomic E-state index is -1.09. The summed E-state index contributed by atoms with van der Waals surface area (Å²) in [6, 6.07) is 7.13. The van der Waals surface area contributed by atoms with Crippen LogP contribution in [-0.2, 0) is 6.54 Å². The van der Waals surface area contributed by atoms with Gasteiger partial charge < -0.3 is 14.9 Å². The molecule has 0 aliphatic rings. The number of hydrogen-bond donors (Lipinski definition) is 2. The van der Waals surface area contributed by atoms with Crippen molar-refractivity contribution in [3.05, 3.63) is 47.6 Å². The van der Waals surface area contributed by atoms with E-state index in [0.717, 1.165) is 5.69 Å². The summed E-state index contributed by atoms with van der Waals surface area (Å²) in [5.74, 6) is -0.613. The number of carboxylic acid groups (broad SMARTS) is 1. The molecule has 0 saturated heterocycles. The average Bonchev–Trinajstić information content (AvgIpc) is 2.86. The summed E-state index contributed by atoms with van der Waals surface area (Å²) in [6.07, 6.45) is 1.73. The number of nitrogens with one attached hydrogen (secondary N) is 1. The van der Waals surface area contributed by atoms with Crippen LogP contribution in [0.5, 0.6) is 0 Å². The minimum Gasteiger partial charge on any atom is -0.476 e. The molecule has 2 aromatic heterocycles. The quantitative estimate of drug-likeness (QED) is 0.834. The van der Waals surface area contributed by atoms with Crippen molar-refractivity contribution in [2.75, 3.05) is 0 Å². The van der Waals surface area contributed by atoms with E-state index in [1.165, 1.54) is 6.07 Å². The molecule has 94 valence electrons. The van der Waals surface area contributed by atoms with Gasteiger partial charge in [-0.15, -0.1) is 0 Å². The molecule has 6 nitrogen and oxygen atoms in total. The lowest BCUT2D eigenvalue weighted by molar-refractivity contribution is 0.0685. The molecule has 6 heteroatoms. The maximum absolute atomic E-state index is 10.6. The van der Waals surface area contributed by atoms with Gasteiger partial charge in [0.1, 0.15) is 0 Å². The monoisotopic (exact) mass is 247 g/mol. The zero-order valence-corrected chi connectivity index (χ0v) is 9.83. The smallest absolute Gasteiger partial charge is 0.358 e. The van der Waals surface area contributed by atoms with Crippen LogP contribution in [0.1, 0.15) is 34.9 Å². The molecule has 2 heterocycles. The van der Waals surface area contributed by atoms with Gasteiger partial charge in [0.05, 0.1) is 12.2 Å². The zero-order chi connectivity index (χ0) is 13.0. The Bertz CT molecular complexity index is 524. The van der Waals surface area contributed by atoms with Crippen molar-refractivity contribution < 1.29 is 14.4 Å². The van der Waals surface area contributed by atoms with Crippen molar-refractivity contribution >= 4 is 5.97 Å². The molecule has 2 N–H and O–H groups in total. The molecule has 0 fully saturated rings. The van der Waals surface area contributed by atoms with E-state index in [9.17, 15) is 4.79 Å². The third-order valence-electron chi connectivity index (χ3n) is 2.49. The molecule has 0 unspecified atom stereocenters. The number of carboxylic acids is 1. The molecule has 0 aliphatic carbocycles. The highest BCUT2D eigenvalue weighted by Gasteiger charge is 2.12. The third kappa shape index (κ3) is 2.92. The van der Waals surface area contributed by atoms with Crippen molar-refractivity contribution in [1.29, 1.82) is 0 Å². The van der Waals surface area contributed by atoms with E-state index < -0.39 is 5.97 Å². The van der Waals surface area contributed by atoms with E-state index in [2.05, 4.69) is 15.5 Å². The standard InChI is InChI=1S/C12H13N3O3/c1-8(10-4-2-3-5-13-10)14-7-9-6-11(12(16)17)15-18-9/h2-6,8,14H,7H2,1H3,(H,16,17)/t8-/m0/s1. The Balaban J connectivity index is 1.93. The topological polar surface area (TPSA) is 88.2 Å². The lowest BCUT2D eigenvalue weighted by Crippen LogP contribution is -2.18. The Labute approximate surface area is 104 Å². The van der Waals surface area contributed by atoms with Crippen LogP contribution in [0.25, 0.3) is 0 Å². The van der Waals surface area contributed by atoms with Gasteiger partial charge in [-0.1, -0.05) is 11.2 Å². The summed E-state index contributed by atoms with van der Waals surface area (Å²) in [5.41, 5.74) is 0.827. The maximum Gasteiger partial charge on any atom is 0.358 e. The molecule has 1 atom stereocenters. The predicted octanol–water partition coefficient (Wildman–Crippen LogP) is 1.62. The zero-order valence-electron chi connectivity index (χ0n) is 9.83. The number of pyridine rings is 1. The molecule has 2 rings (SSSR count). The summed E-state index contributed by atoms with van der Waals surface area (Å²) >= 11 is 0. The largest absolute Gasteiger partial charge is 0.476 e. The number of nitrogens with zero attached hydrogens (tertiary/aromatic N) is 2. The maximum atomic E-state index is 10.6. The van der Waals surface area contributed by atoms with Crippen LogP contribution in [0.2, 0.25) is 0 Å². The Hall–Kier alpha value is -2.21. The van der Waals surface area contributed by atoms with E-state index in [-0.39, 0.29) is 11.7 Å². The van der Waals surface area contributed by atoms with Gasteiger partial charge in [0.15, 0.2) is 11.5 Å². The molecule has 0 bridgehead atoms. The lowest BCUT2D eigenvalue weighted by atomic mass is 10.2. The molecule has 0 aromatic carbocycles. The average molecular weight is 247 g/mol. The van der Waals surface area contributed by atoms with E-state index >= 15 is 0 Å². The van der Waals surface area contributed by atoms with Gasteiger partial charge in [0.2, 0.25) is 0 Å². The SMILES string of the molecule is C[C@H](NCc1cc(C(=O)O)no1)c1ccccn1. The lowest BCUT2D eigenvalue weighted by Gasteiger charge is -2.11. The molecule has 0 radical (unpaired) electrons. The fourth-order valence-electron chi connectivity index (χ4n) is 1.49. The molecule has 0 spiro atoms. The number of aromatic carboxylic acids is 1. The van der Waals surface area contributed by atoms with Crippen LogP contribution in [0.4, 0.5) is 0 Å². The van der Waals surface area contributed by atoms with Crippen molar-refractivity contribution in [3.63, 3.8) is 0 Å². The Morgan fingerprint density at radius 2 is 2.39 bits per heavy atom. The first-order chi connectivity index (χ1) is 8.66. The highest BCUT2D eigenvalue weighted by molar-refractivity contribution is 5.85. The first-order valence-electron chi connectivity index (χ1n) is 5.50. The van der Waals surface area contributed by atoms with Gasteiger partial charge in [0.25, 0.3) is 0 Å². The van der Waals surface area contributed by atoms with Crippen LogP contribution in [-0.4, -0.2) is 21.2 Å². The minimum absolute atomic E-state index is 0.0459. The Kier molecular flexibility index (Phi) is 3.69. The van der Waals surface area contributed by atoms with Gasteiger partial charge in [-0.2, -0.15) is 0 Å². The summed E-state index contributed by atoms with van der Waals surface area (Å²) in [5, 5.41) is 15.3. The predicted molar refractivity (Wildman–Crippen MR) is 63.0 cm³/mol. The van der Waals surface area contributed by atoms with E-state index in [0.29, 0.717) is 12.3 Å². The normalized spacial score (nSPS) is 12.3. The van der Waals surface area contributed by atoms with Crippen LogP contribution in [0.3, 0.4) is 0 Å². The van der Waals surface area contributed by atoms with E-state index in [4.69, 9.17) is 9.63 Å². The van der Waals surface area contributed by atoms with Crippen molar-refractivity contribution in [1.82, 2.24) is 15.5 Å².